The van der Waals surface area contributed by atoms with Crippen molar-refractivity contribution >= 4 is 18.3 Å². The summed E-state index contributed by atoms with van der Waals surface area (Å²) in [4.78, 5) is 16.3. The van der Waals surface area contributed by atoms with Gasteiger partial charge in [0.15, 0.2) is 17.3 Å². The maximum Gasteiger partial charge on any atom is 0.246 e. The summed E-state index contributed by atoms with van der Waals surface area (Å²) in [6.45, 7) is 1.12. The predicted octanol–water partition coefficient (Wildman–Crippen LogP) is 1.47. The molecule has 1 amide bonds. The summed E-state index contributed by atoms with van der Waals surface area (Å²) in [5, 5.41) is 9.93. The molecule has 1 aromatic carbocycles. The fourth-order valence-corrected chi connectivity index (χ4v) is 2.80. The highest BCUT2D eigenvalue weighted by Gasteiger charge is 2.22. The molecule has 3 rings (SSSR count). The van der Waals surface area contributed by atoms with Crippen molar-refractivity contribution in [1.82, 2.24) is 20.8 Å². The molecule has 0 bridgehead atoms. The lowest BCUT2D eigenvalue weighted by molar-refractivity contribution is -0.123. The van der Waals surface area contributed by atoms with Gasteiger partial charge in [0.05, 0.1) is 26.8 Å². The van der Waals surface area contributed by atoms with Crippen LogP contribution in [-0.2, 0) is 17.8 Å². The highest BCUT2D eigenvalue weighted by Crippen LogP contribution is 2.28. The molecule has 1 fully saturated rings. The van der Waals surface area contributed by atoms with E-state index in [0.29, 0.717) is 29.6 Å². The Morgan fingerprint density at radius 3 is 2.85 bits per heavy atom. The summed E-state index contributed by atoms with van der Waals surface area (Å²) >= 11 is 0. The zero-order valence-corrected chi connectivity index (χ0v) is 15.6. The molecule has 1 aromatic heterocycles. The third-order valence-electron chi connectivity index (χ3n) is 4.11. The van der Waals surface area contributed by atoms with Crippen LogP contribution >= 0.6 is 12.4 Å². The van der Waals surface area contributed by atoms with E-state index in [0.717, 1.165) is 24.9 Å². The third-order valence-corrected chi connectivity index (χ3v) is 4.11. The Morgan fingerprint density at radius 1 is 1.35 bits per heavy atom. The lowest BCUT2D eigenvalue weighted by Crippen LogP contribution is -2.40. The standard InChI is InChI=1S/C17H22N4O4.ClH/c1-23-13-6-5-11(8-14(13)24-2)9-15-20-16(25-21-15)10-19-17(22)12-4-3-7-18-12;/h5-6,8,12,18H,3-4,7,9-10H2,1-2H3,(H,19,22);1H. The van der Waals surface area contributed by atoms with E-state index in [-0.39, 0.29) is 30.9 Å². The first kappa shape index (κ1) is 20.0. The maximum atomic E-state index is 12.0. The molecular formula is C17H23ClN4O4. The maximum absolute atomic E-state index is 12.0. The van der Waals surface area contributed by atoms with Gasteiger partial charge in [-0.05, 0) is 37.1 Å². The highest BCUT2D eigenvalue weighted by atomic mass is 35.5. The van der Waals surface area contributed by atoms with E-state index in [9.17, 15) is 4.79 Å². The number of rotatable bonds is 7. The summed E-state index contributed by atoms with van der Waals surface area (Å²) < 4.78 is 15.7. The smallest absolute Gasteiger partial charge is 0.246 e. The van der Waals surface area contributed by atoms with Gasteiger partial charge in [-0.25, -0.2) is 0 Å². The highest BCUT2D eigenvalue weighted by molar-refractivity contribution is 5.85. The van der Waals surface area contributed by atoms with Crippen LogP contribution in [0.1, 0.15) is 30.1 Å². The van der Waals surface area contributed by atoms with Gasteiger partial charge in [0.1, 0.15) is 0 Å². The molecule has 142 valence electrons. The monoisotopic (exact) mass is 382 g/mol. The Kier molecular flexibility index (Phi) is 7.23. The van der Waals surface area contributed by atoms with Crippen molar-refractivity contribution in [2.24, 2.45) is 0 Å². The Hall–Kier alpha value is -2.32. The first-order chi connectivity index (χ1) is 12.2. The second-order valence-corrected chi connectivity index (χ2v) is 5.84. The topological polar surface area (TPSA) is 98.5 Å². The van der Waals surface area contributed by atoms with Crippen molar-refractivity contribution in [2.75, 3.05) is 20.8 Å². The van der Waals surface area contributed by atoms with Crippen LogP contribution in [0.4, 0.5) is 0 Å². The summed E-state index contributed by atoms with van der Waals surface area (Å²) in [6, 6.07) is 5.52. The Morgan fingerprint density at radius 2 is 2.15 bits per heavy atom. The van der Waals surface area contributed by atoms with Gasteiger partial charge >= 0.3 is 0 Å². The van der Waals surface area contributed by atoms with Gasteiger partial charge in [-0.2, -0.15) is 4.98 Å². The van der Waals surface area contributed by atoms with Crippen LogP contribution in [0.3, 0.4) is 0 Å². The normalized spacial score (nSPS) is 16.0. The number of carbonyl (C=O) groups excluding carboxylic acids is 1. The van der Waals surface area contributed by atoms with Crippen molar-refractivity contribution in [3.63, 3.8) is 0 Å². The number of benzene rings is 1. The minimum absolute atomic E-state index is 0. The zero-order valence-electron chi connectivity index (χ0n) is 14.8. The van der Waals surface area contributed by atoms with Crippen LogP contribution < -0.4 is 20.1 Å². The molecule has 2 aromatic rings. The predicted molar refractivity (Wildman–Crippen MR) is 96.8 cm³/mol. The molecule has 2 heterocycles. The first-order valence-corrected chi connectivity index (χ1v) is 8.23. The summed E-state index contributed by atoms with van der Waals surface area (Å²) in [6.07, 6.45) is 2.39. The van der Waals surface area contributed by atoms with Gasteiger partial charge in [-0.1, -0.05) is 11.2 Å². The van der Waals surface area contributed by atoms with Crippen LogP contribution in [0.15, 0.2) is 22.7 Å². The second kappa shape index (κ2) is 9.40. The summed E-state index contributed by atoms with van der Waals surface area (Å²) in [5.74, 6) is 2.23. The minimum Gasteiger partial charge on any atom is -0.493 e. The molecule has 1 aliphatic heterocycles. The fraction of sp³-hybridized carbons (Fsp3) is 0.471. The molecule has 1 aliphatic rings. The molecule has 1 unspecified atom stereocenters. The average Bonchev–Trinajstić information content (AvgIpc) is 3.31. The second-order valence-electron chi connectivity index (χ2n) is 5.84. The van der Waals surface area contributed by atoms with E-state index >= 15 is 0 Å². The Labute approximate surface area is 158 Å². The lowest BCUT2D eigenvalue weighted by atomic mass is 10.1. The van der Waals surface area contributed by atoms with Gasteiger partial charge < -0.3 is 24.6 Å². The number of aromatic nitrogens is 2. The van der Waals surface area contributed by atoms with E-state index < -0.39 is 0 Å². The number of amides is 1. The van der Waals surface area contributed by atoms with Gasteiger partial charge in [0.25, 0.3) is 0 Å². The molecule has 0 aliphatic carbocycles. The van der Waals surface area contributed by atoms with E-state index in [4.69, 9.17) is 14.0 Å². The van der Waals surface area contributed by atoms with Crippen molar-refractivity contribution in [3.8, 4) is 11.5 Å². The van der Waals surface area contributed by atoms with Crippen molar-refractivity contribution in [2.45, 2.75) is 31.8 Å². The number of methoxy groups -OCH3 is 2. The largest absolute Gasteiger partial charge is 0.493 e. The molecule has 0 spiro atoms. The molecule has 8 nitrogen and oxygen atoms in total. The van der Waals surface area contributed by atoms with Crippen LogP contribution in [0, 0.1) is 0 Å². The molecule has 0 radical (unpaired) electrons. The molecular weight excluding hydrogens is 360 g/mol. The molecule has 0 saturated carbocycles. The number of hydrogen-bond donors (Lipinski definition) is 2. The van der Waals surface area contributed by atoms with Gasteiger partial charge in [0.2, 0.25) is 11.8 Å². The SMILES string of the molecule is COc1ccc(Cc2noc(CNC(=O)C3CCCN3)n2)cc1OC.Cl. The lowest BCUT2D eigenvalue weighted by Gasteiger charge is -2.09. The number of ether oxygens (including phenoxy) is 2. The minimum atomic E-state index is -0.117. The molecule has 1 saturated heterocycles. The van der Waals surface area contributed by atoms with Crippen LogP contribution in [-0.4, -0.2) is 42.9 Å². The number of carbonyl (C=O) groups is 1. The molecule has 9 heteroatoms. The first-order valence-electron chi connectivity index (χ1n) is 8.23. The van der Waals surface area contributed by atoms with Crippen molar-refractivity contribution < 1.29 is 18.8 Å². The average molecular weight is 383 g/mol. The van der Waals surface area contributed by atoms with Gasteiger partial charge in [-0.15, -0.1) is 12.4 Å². The quantitative estimate of drug-likeness (QED) is 0.748. The zero-order chi connectivity index (χ0) is 17.6. The van der Waals surface area contributed by atoms with Crippen molar-refractivity contribution in [1.29, 1.82) is 0 Å². The summed E-state index contributed by atoms with van der Waals surface area (Å²) in [5.41, 5.74) is 0.976. The number of nitrogens with zero attached hydrogens (tertiary/aromatic N) is 2. The Bertz CT molecular complexity index is 731. The van der Waals surface area contributed by atoms with Crippen LogP contribution in [0.5, 0.6) is 11.5 Å². The van der Waals surface area contributed by atoms with E-state index in [1.54, 1.807) is 14.2 Å². The molecule has 2 N–H and O–H groups in total. The van der Waals surface area contributed by atoms with E-state index in [1.807, 2.05) is 18.2 Å². The van der Waals surface area contributed by atoms with E-state index in [1.165, 1.54) is 0 Å². The number of halogens is 1. The molecule has 1 atom stereocenters. The number of hydrogen-bond acceptors (Lipinski definition) is 7. The van der Waals surface area contributed by atoms with Gasteiger partial charge in [-0.3, -0.25) is 4.79 Å². The fourth-order valence-electron chi connectivity index (χ4n) is 2.80. The van der Waals surface area contributed by atoms with Crippen LogP contribution in [0.25, 0.3) is 0 Å². The molecule has 26 heavy (non-hydrogen) atoms. The summed E-state index contributed by atoms with van der Waals surface area (Å²) in [7, 11) is 3.19. The van der Waals surface area contributed by atoms with Gasteiger partial charge in [0, 0.05) is 6.42 Å². The third kappa shape index (κ3) is 4.86. The van der Waals surface area contributed by atoms with E-state index in [2.05, 4.69) is 20.8 Å². The Balaban J connectivity index is 0.00000243. The number of nitrogens with one attached hydrogen (secondary N) is 2. The van der Waals surface area contributed by atoms with Crippen molar-refractivity contribution in [3.05, 3.63) is 35.5 Å². The van der Waals surface area contributed by atoms with Crippen LogP contribution in [0.2, 0.25) is 0 Å².